The van der Waals surface area contributed by atoms with E-state index in [0.717, 1.165) is 30.4 Å². The number of carbonyl (C=O) groups is 2. The van der Waals surface area contributed by atoms with Gasteiger partial charge in [-0.15, -0.1) is 0 Å². The molecule has 4 rings (SSSR count). The minimum absolute atomic E-state index is 0.365. The number of aliphatic carboxylic acids is 1. The Kier molecular flexibility index (Phi) is 7.15. The van der Waals surface area contributed by atoms with Gasteiger partial charge in [0, 0.05) is 17.5 Å². The first-order chi connectivity index (χ1) is 15.8. The number of rotatable bonds is 2. The van der Waals surface area contributed by atoms with Gasteiger partial charge in [0.15, 0.2) is 16.7 Å². The standard InChI is InChI=1S/C19H18F2N4OS.C2HF3O2/c1-19-11(9-27-18(22)25-19)4-2-10-3-5-13(7-14(10)19)24-17(26)16-15(21)6-12(20)8-23-16;3-2(4,5)1(6)7/h3,5-8,11H,2,4,9H2,1H3,(H2,22,25)(H,24,26);(H,6,7)/t11-,19+;/m1./s1. The average Bonchev–Trinajstić information content (AvgIpc) is 2.73. The lowest BCUT2D eigenvalue weighted by Gasteiger charge is -2.42. The first kappa shape index (κ1) is 25.4. The molecule has 182 valence electrons. The number of carbonyl (C=O) groups excluding carboxylic acids is 1. The van der Waals surface area contributed by atoms with Gasteiger partial charge in [0.2, 0.25) is 0 Å². The fourth-order valence-electron chi connectivity index (χ4n) is 3.79. The van der Waals surface area contributed by atoms with Gasteiger partial charge in [0.25, 0.3) is 5.91 Å². The third-order valence-electron chi connectivity index (χ3n) is 5.51. The number of amides is 1. The zero-order chi connectivity index (χ0) is 25.3. The van der Waals surface area contributed by atoms with E-state index in [1.54, 1.807) is 17.8 Å². The number of hydrogen-bond donors (Lipinski definition) is 3. The Labute approximate surface area is 194 Å². The fraction of sp³-hybridized carbons (Fsp3) is 0.333. The molecule has 2 atom stereocenters. The van der Waals surface area contributed by atoms with Crippen LogP contribution in [0.2, 0.25) is 0 Å². The van der Waals surface area contributed by atoms with Crippen LogP contribution < -0.4 is 11.1 Å². The average molecular weight is 502 g/mol. The molecule has 1 aromatic carbocycles. The lowest BCUT2D eigenvalue weighted by atomic mass is 9.71. The SMILES string of the molecule is C[C@]12N=C(N)SC[C@H]1CCc1ccc(NC(=O)c3ncc(F)cc3F)cc12.O=C(O)C(F)(F)F. The van der Waals surface area contributed by atoms with E-state index in [2.05, 4.69) is 17.2 Å². The summed E-state index contributed by atoms with van der Waals surface area (Å²) < 4.78 is 58.5. The number of hydrogen-bond acceptors (Lipinski definition) is 6. The second kappa shape index (κ2) is 9.57. The maximum absolute atomic E-state index is 13.8. The van der Waals surface area contributed by atoms with Crippen LogP contribution in [0.5, 0.6) is 0 Å². The molecule has 2 aliphatic rings. The molecule has 0 bridgehead atoms. The summed E-state index contributed by atoms with van der Waals surface area (Å²) >= 11 is 1.57. The zero-order valence-electron chi connectivity index (χ0n) is 17.6. The minimum Gasteiger partial charge on any atom is -0.475 e. The molecule has 4 N–H and O–H groups in total. The van der Waals surface area contributed by atoms with Crippen molar-refractivity contribution in [2.45, 2.75) is 31.5 Å². The summed E-state index contributed by atoms with van der Waals surface area (Å²) in [6.45, 7) is 2.06. The largest absolute Gasteiger partial charge is 0.490 e. The Morgan fingerprint density at radius 2 is 1.94 bits per heavy atom. The number of pyridine rings is 1. The molecule has 1 aliphatic heterocycles. The molecule has 34 heavy (non-hydrogen) atoms. The van der Waals surface area contributed by atoms with Gasteiger partial charge >= 0.3 is 12.1 Å². The molecule has 1 aliphatic carbocycles. The normalized spacial score (nSPS) is 21.2. The highest BCUT2D eigenvalue weighted by Gasteiger charge is 2.43. The van der Waals surface area contributed by atoms with Crippen LogP contribution in [0.1, 0.15) is 35.0 Å². The molecule has 2 heterocycles. The van der Waals surface area contributed by atoms with Crippen LogP contribution in [0.4, 0.5) is 27.6 Å². The molecule has 1 aromatic heterocycles. The van der Waals surface area contributed by atoms with Crippen LogP contribution in [0.3, 0.4) is 0 Å². The van der Waals surface area contributed by atoms with Crippen LogP contribution in [-0.2, 0) is 16.8 Å². The molecule has 0 radical (unpaired) electrons. The second-order valence-corrected chi connectivity index (χ2v) is 8.80. The van der Waals surface area contributed by atoms with Gasteiger partial charge in [-0.1, -0.05) is 17.8 Å². The number of halogens is 5. The number of nitrogens with one attached hydrogen (secondary N) is 1. The van der Waals surface area contributed by atoms with Crippen molar-refractivity contribution in [3.63, 3.8) is 0 Å². The summed E-state index contributed by atoms with van der Waals surface area (Å²) in [6.07, 6.45) is -2.30. The van der Waals surface area contributed by atoms with Crippen molar-refractivity contribution in [1.82, 2.24) is 4.98 Å². The van der Waals surface area contributed by atoms with Crippen molar-refractivity contribution < 1.29 is 36.6 Å². The van der Waals surface area contributed by atoms with E-state index in [1.165, 1.54) is 5.56 Å². The first-order valence-electron chi connectivity index (χ1n) is 9.85. The number of aliphatic imine (C=N–C) groups is 1. The third kappa shape index (κ3) is 5.46. The lowest BCUT2D eigenvalue weighted by Crippen LogP contribution is -2.41. The maximum atomic E-state index is 13.8. The quantitative estimate of drug-likeness (QED) is 0.533. The number of anilines is 1. The molecular weight excluding hydrogens is 483 g/mol. The van der Waals surface area contributed by atoms with E-state index < -0.39 is 40.9 Å². The molecule has 0 unspecified atom stereocenters. The van der Waals surface area contributed by atoms with Crippen LogP contribution in [0.15, 0.2) is 35.5 Å². The molecule has 0 spiro atoms. The topological polar surface area (TPSA) is 118 Å². The first-order valence-corrected chi connectivity index (χ1v) is 10.8. The van der Waals surface area contributed by atoms with E-state index in [4.69, 9.17) is 20.6 Å². The Bertz CT molecular complexity index is 1160. The van der Waals surface area contributed by atoms with Crippen molar-refractivity contribution in [2.75, 3.05) is 11.1 Å². The van der Waals surface area contributed by atoms with Crippen LogP contribution in [0.25, 0.3) is 0 Å². The minimum atomic E-state index is -5.08. The maximum Gasteiger partial charge on any atom is 0.490 e. The van der Waals surface area contributed by atoms with Crippen molar-refractivity contribution in [2.24, 2.45) is 16.6 Å². The summed E-state index contributed by atoms with van der Waals surface area (Å²) in [6, 6.07) is 6.23. The fourth-order valence-corrected chi connectivity index (χ4v) is 4.91. The summed E-state index contributed by atoms with van der Waals surface area (Å²) in [7, 11) is 0. The van der Waals surface area contributed by atoms with Gasteiger partial charge in [-0.05, 0) is 48.9 Å². The molecule has 0 saturated heterocycles. The number of amidine groups is 1. The second-order valence-electron chi connectivity index (χ2n) is 7.76. The van der Waals surface area contributed by atoms with Gasteiger partial charge in [-0.2, -0.15) is 13.2 Å². The van der Waals surface area contributed by atoms with E-state index in [1.807, 2.05) is 12.1 Å². The van der Waals surface area contributed by atoms with Crippen LogP contribution in [-0.4, -0.2) is 39.1 Å². The summed E-state index contributed by atoms with van der Waals surface area (Å²) in [4.78, 5) is 29.5. The van der Waals surface area contributed by atoms with E-state index in [0.29, 0.717) is 22.8 Å². The van der Waals surface area contributed by atoms with Gasteiger partial charge in [0.1, 0.15) is 5.82 Å². The van der Waals surface area contributed by atoms with Gasteiger partial charge in [-0.25, -0.2) is 18.6 Å². The molecule has 0 fully saturated rings. The Morgan fingerprint density at radius 3 is 2.56 bits per heavy atom. The zero-order valence-corrected chi connectivity index (χ0v) is 18.4. The molecule has 0 saturated carbocycles. The number of carboxylic acids is 1. The third-order valence-corrected chi connectivity index (χ3v) is 6.47. The Balaban J connectivity index is 0.000000406. The summed E-state index contributed by atoms with van der Waals surface area (Å²) in [5, 5.41) is 10.3. The van der Waals surface area contributed by atoms with Crippen LogP contribution >= 0.6 is 11.8 Å². The Morgan fingerprint density at radius 1 is 1.26 bits per heavy atom. The molecule has 7 nitrogen and oxygen atoms in total. The van der Waals surface area contributed by atoms with Crippen LogP contribution in [0, 0.1) is 17.6 Å². The predicted molar refractivity (Wildman–Crippen MR) is 115 cm³/mol. The summed E-state index contributed by atoms with van der Waals surface area (Å²) in [5.74, 6) is -4.04. The van der Waals surface area contributed by atoms with Crippen molar-refractivity contribution >= 4 is 34.5 Å². The highest BCUT2D eigenvalue weighted by atomic mass is 32.2. The van der Waals surface area contributed by atoms with Gasteiger partial charge < -0.3 is 16.2 Å². The van der Waals surface area contributed by atoms with Gasteiger partial charge in [-0.3, -0.25) is 9.79 Å². The monoisotopic (exact) mass is 502 g/mol. The predicted octanol–water partition coefficient (Wildman–Crippen LogP) is 4.08. The summed E-state index contributed by atoms with van der Waals surface area (Å²) in [5.41, 5.74) is 7.78. The number of aromatic nitrogens is 1. The van der Waals surface area contributed by atoms with E-state index in [-0.39, 0.29) is 0 Å². The number of nitrogens with zero attached hydrogens (tertiary/aromatic N) is 2. The number of nitrogens with two attached hydrogens (primary N) is 1. The lowest BCUT2D eigenvalue weighted by molar-refractivity contribution is -0.192. The van der Waals surface area contributed by atoms with E-state index >= 15 is 0 Å². The van der Waals surface area contributed by atoms with Gasteiger partial charge in [0.05, 0.1) is 11.7 Å². The number of alkyl halides is 3. The number of thioether (sulfide) groups is 1. The van der Waals surface area contributed by atoms with Crippen molar-refractivity contribution in [3.8, 4) is 0 Å². The number of fused-ring (bicyclic) bond motifs is 3. The molecule has 13 heteroatoms. The number of aryl methyl sites for hydroxylation is 1. The molecule has 2 aromatic rings. The Hall–Kier alpha value is -3.22. The highest BCUT2D eigenvalue weighted by Crippen LogP contribution is 2.47. The van der Waals surface area contributed by atoms with E-state index in [9.17, 15) is 26.7 Å². The number of carboxylic acid groups (broad SMARTS) is 1. The number of benzene rings is 1. The molecule has 1 amide bonds. The smallest absolute Gasteiger partial charge is 0.475 e. The van der Waals surface area contributed by atoms with Crippen molar-refractivity contribution in [3.05, 3.63) is 58.9 Å². The molecular formula is C21H19F5N4O3S. The van der Waals surface area contributed by atoms with Crippen molar-refractivity contribution in [1.29, 1.82) is 0 Å². The highest BCUT2D eigenvalue weighted by molar-refractivity contribution is 8.13.